The summed E-state index contributed by atoms with van der Waals surface area (Å²) in [5.41, 5.74) is 3.34. The van der Waals surface area contributed by atoms with E-state index in [2.05, 4.69) is 42.8 Å². The summed E-state index contributed by atoms with van der Waals surface area (Å²) in [6.07, 6.45) is 6.51. The van der Waals surface area contributed by atoms with Gasteiger partial charge in [-0.15, -0.1) is 0 Å². The summed E-state index contributed by atoms with van der Waals surface area (Å²) in [6, 6.07) is 14.6. The highest BCUT2D eigenvalue weighted by Gasteiger charge is 2.16. The van der Waals surface area contributed by atoms with Crippen molar-refractivity contribution >= 4 is 39.8 Å². The molecule has 0 spiro atoms. The third kappa shape index (κ3) is 5.31. The minimum atomic E-state index is -0.472. The van der Waals surface area contributed by atoms with Crippen LogP contribution in [0.3, 0.4) is 0 Å². The van der Waals surface area contributed by atoms with Crippen LogP contribution in [0.25, 0.3) is 22.2 Å². The Labute approximate surface area is 208 Å². The lowest BCUT2D eigenvalue weighted by atomic mass is 10.1. The van der Waals surface area contributed by atoms with E-state index in [4.69, 9.17) is 0 Å². The van der Waals surface area contributed by atoms with Crippen molar-refractivity contribution in [1.82, 2.24) is 20.3 Å². The molecule has 1 fully saturated rings. The lowest BCUT2D eigenvalue weighted by Gasteiger charge is -2.24. The van der Waals surface area contributed by atoms with Gasteiger partial charge in [-0.3, -0.25) is 9.78 Å². The first-order valence-electron chi connectivity index (χ1n) is 11.8. The van der Waals surface area contributed by atoms with E-state index in [1.54, 1.807) is 24.4 Å². The van der Waals surface area contributed by atoms with Crippen molar-refractivity contribution in [2.75, 3.05) is 29.0 Å². The monoisotopic (exact) mass is 483 g/mol. The van der Waals surface area contributed by atoms with Gasteiger partial charge in [-0.2, -0.15) is 0 Å². The quantitative estimate of drug-likeness (QED) is 0.278. The molecular formula is C27H26FN7O. The molecule has 4 N–H and O–H groups in total. The molecule has 0 atom stereocenters. The molecule has 1 aliphatic rings. The van der Waals surface area contributed by atoms with Gasteiger partial charge in [0.2, 0.25) is 11.9 Å². The van der Waals surface area contributed by atoms with Crippen LogP contribution in [-0.2, 0) is 4.79 Å². The first kappa shape index (κ1) is 23.4. The zero-order valence-electron chi connectivity index (χ0n) is 19.6. The van der Waals surface area contributed by atoms with Crippen LogP contribution in [-0.4, -0.2) is 40.0 Å². The Hall–Kier alpha value is -4.37. The molecule has 8 nitrogen and oxygen atoms in total. The average molecular weight is 484 g/mol. The number of piperidine rings is 1. The topological polar surface area (TPSA) is 104 Å². The molecule has 0 unspecified atom stereocenters. The Morgan fingerprint density at radius 2 is 1.81 bits per heavy atom. The fraction of sp³-hybridized carbons (Fsp3) is 0.185. The minimum absolute atomic E-state index is 0.231. The number of nitrogens with zero attached hydrogens (tertiary/aromatic N) is 3. The number of carbonyl (C=O) groups is 1. The fourth-order valence-electron chi connectivity index (χ4n) is 4.20. The molecule has 3 heterocycles. The van der Waals surface area contributed by atoms with Crippen LogP contribution in [0.2, 0.25) is 0 Å². The highest BCUT2D eigenvalue weighted by molar-refractivity contribution is 6.00. The summed E-state index contributed by atoms with van der Waals surface area (Å²) >= 11 is 0. The molecule has 182 valence electrons. The lowest BCUT2D eigenvalue weighted by molar-refractivity contribution is -0.111. The van der Waals surface area contributed by atoms with Crippen molar-refractivity contribution in [3.63, 3.8) is 0 Å². The normalized spacial score (nSPS) is 13.8. The summed E-state index contributed by atoms with van der Waals surface area (Å²) < 4.78 is 15.0. The van der Waals surface area contributed by atoms with E-state index in [-0.39, 0.29) is 11.5 Å². The van der Waals surface area contributed by atoms with E-state index in [0.29, 0.717) is 34.3 Å². The Kier molecular flexibility index (Phi) is 6.81. The van der Waals surface area contributed by atoms with Crippen LogP contribution < -0.4 is 21.3 Å². The number of nitrogens with one attached hydrogen (secondary N) is 4. The Morgan fingerprint density at radius 3 is 2.58 bits per heavy atom. The maximum atomic E-state index is 15.0. The van der Waals surface area contributed by atoms with E-state index in [0.717, 1.165) is 37.3 Å². The number of rotatable bonds is 7. The molecular weight excluding hydrogens is 457 g/mol. The van der Waals surface area contributed by atoms with E-state index >= 15 is 4.39 Å². The molecule has 1 amide bonds. The van der Waals surface area contributed by atoms with Crippen LogP contribution in [0.4, 0.5) is 27.4 Å². The predicted octanol–water partition coefficient (Wildman–Crippen LogP) is 4.86. The summed E-state index contributed by atoms with van der Waals surface area (Å²) in [7, 11) is 0. The Morgan fingerprint density at radius 1 is 1.03 bits per heavy atom. The number of hydrogen-bond donors (Lipinski definition) is 4. The largest absolute Gasteiger partial charge is 0.382 e. The van der Waals surface area contributed by atoms with E-state index in [1.807, 2.05) is 24.3 Å². The third-order valence-electron chi connectivity index (χ3n) is 6.02. The van der Waals surface area contributed by atoms with Crippen molar-refractivity contribution in [3.8, 4) is 11.3 Å². The molecule has 0 saturated carbocycles. The van der Waals surface area contributed by atoms with Crippen LogP contribution in [0.1, 0.15) is 12.8 Å². The standard InChI is InChI=1S/C27H26FN7O/c1-2-24(36)33-21-11-14-30-23(15-21)25-22(28)8-3-17-16-31-27(35-26(17)25)34-19-6-4-18(5-7-19)32-20-9-12-29-13-10-20/h2-8,11,14-16,20,29,32H,1,9-10,12-13H2,(H,30,33,36)(H,31,34,35). The number of benzene rings is 2. The molecule has 36 heavy (non-hydrogen) atoms. The number of pyridine rings is 1. The van der Waals surface area contributed by atoms with Gasteiger partial charge in [0.05, 0.1) is 16.8 Å². The molecule has 0 radical (unpaired) electrons. The predicted molar refractivity (Wildman–Crippen MR) is 141 cm³/mol. The summed E-state index contributed by atoms with van der Waals surface area (Å²) in [5.74, 6) is -0.499. The summed E-state index contributed by atoms with van der Waals surface area (Å²) in [4.78, 5) is 25.0. The minimum Gasteiger partial charge on any atom is -0.382 e. The third-order valence-corrected chi connectivity index (χ3v) is 6.02. The second-order valence-corrected chi connectivity index (χ2v) is 8.55. The molecule has 0 bridgehead atoms. The van der Waals surface area contributed by atoms with Gasteiger partial charge in [0.15, 0.2) is 0 Å². The fourth-order valence-corrected chi connectivity index (χ4v) is 4.20. The second-order valence-electron chi connectivity index (χ2n) is 8.55. The van der Waals surface area contributed by atoms with Crippen LogP contribution in [0.5, 0.6) is 0 Å². The number of anilines is 4. The van der Waals surface area contributed by atoms with Crippen molar-refractivity contribution in [1.29, 1.82) is 0 Å². The summed E-state index contributed by atoms with van der Waals surface area (Å²) in [6.45, 7) is 5.51. The highest BCUT2D eigenvalue weighted by atomic mass is 19.1. The van der Waals surface area contributed by atoms with Crippen molar-refractivity contribution < 1.29 is 9.18 Å². The molecule has 1 aliphatic heterocycles. The van der Waals surface area contributed by atoms with Crippen molar-refractivity contribution in [2.24, 2.45) is 0 Å². The highest BCUT2D eigenvalue weighted by Crippen LogP contribution is 2.31. The first-order chi connectivity index (χ1) is 17.6. The van der Waals surface area contributed by atoms with Gasteiger partial charge >= 0.3 is 0 Å². The van der Waals surface area contributed by atoms with Gasteiger partial charge in [-0.1, -0.05) is 6.58 Å². The molecule has 0 aliphatic carbocycles. The Bertz CT molecular complexity index is 1400. The first-order valence-corrected chi connectivity index (χ1v) is 11.8. The smallest absolute Gasteiger partial charge is 0.247 e. The van der Waals surface area contributed by atoms with Gasteiger partial charge in [-0.25, -0.2) is 14.4 Å². The van der Waals surface area contributed by atoms with Gasteiger partial charge in [0.25, 0.3) is 0 Å². The van der Waals surface area contributed by atoms with E-state index in [1.165, 1.54) is 18.3 Å². The molecule has 5 rings (SSSR count). The zero-order chi connectivity index (χ0) is 24.9. The lowest BCUT2D eigenvalue weighted by Crippen LogP contribution is -2.35. The van der Waals surface area contributed by atoms with Crippen LogP contribution >= 0.6 is 0 Å². The van der Waals surface area contributed by atoms with Gasteiger partial charge in [0, 0.05) is 40.9 Å². The molecule has 2 aromatic carbocycles. The maximum absolute atomic E-state index is 15.0. The van der Waals surface area contributed by atoms with Crippen molar-refractivity contribution in [2.45, 2.75) is 18.9 Å². The number of aromatic nitrogens is 3. The molecule has 1 saturated heterocycles. The molecule has 9 heteroatoms. The number of carbonyl (C=O) groups excluding carboxylic acids is 1. The number of halogens is 1. The van der Waals surface area contributed by atoms with Gasteiger partial charge in [0.1, 0.15) is 5.82 Å². The molecule has 4 aromatic rings. The maximum Gasteiger partial charge on any atom is 0.247 e. The number of hydrogen-bond acceptors (Lipinski definition) is 7. The van der Waals surface area contributed by atoms with Gasteiger partial charge in [-0.05, 0) is 80.5 Å². The zero-order valence-corrected chi connectivity index (χ0v) is 19.6. The number of amides is 1. The summed E-state index contributed by atoms with van der Waals surface area (Å²) in [5, 5.41) is 13.5. The SMILES string of the molecule is C=CC(=O)Nc1ccnc(-c2c(F)ccc3cnc(Nc4ccc(NC5CCNCC5)cc4)nc23)c1. The van der Waals surface area contributed by atoms with E-state index in [9.17, 15) is 4.79 Å². The van der Waals surface area contributed by atoms with Crippen LogP contribution in [0.15, 0.2) is 73.6 Å². The van der Waals surface area contributed by atoms with Crippen molar-refractivity contribution in [3.05, 3.63) is 79.4 Å². The van der Waals surface area contributed by atoms with Gasteiger partial charge < -0.3 is 21.3 Å². The second kappa shape index (κ2) is 10.5. The number of fused-ring (bicyclic) bond motifs is 1. The average Bonchev–Trinajstić information content (AvgIpc) is 2.90. The van der Waals surface area contributed by atoms with Crippen LogP contribution in [0, 0.1) is 5.82 Å². The van der Waals surface area contributed by atoms with E-state index < -0.39 is 5.82 Å². The molecule has 2 aromatic heterocycles. The Balaban J connectivity index is 1.40.